The van der Waals surface area contributed by atoms with Crippen LogP contribution in [0.2, 0.25) is 0 Å². The number of carbonyl (C=O) groups is 2. The van der Waals surface area contributed by atoms with Gasteiger partial charge in [-0.3, -0.25) is 9.59 Å². The van der Waals surface area contributed by atoms with E-state index in [1.54, 1.807) is 47.2 Å². The highest BCUT2D eigenvalue weighted by atomic mass is 79.9. The molecular formula is C22H25BrN2O6. The number of rotatable bonds is 6. The molecule has 1 saturated heterocycles. The second-order valence-corrected chi connectivity index (χ2v) is 7.64. The van der Waals surface area contributed by atoms with Gasteiger partial charge in [-0.05, 0) is 46.3 Å². The second-order valence-electron chi connectivity index (χ2n) is 6.85. The van der Waals surface area contributed by atoms with Crippen molar-refractivity contribution in [1.82, 2.24) is 9.80 Å². The molecule has 31 heavy (non-hydrogen) atoms. The van der Waals surface area contributed by atoms with Gasteiger partial charge in [0.25, 0.3) is 11.8 Å². The Morgan fingerprint density at radius 2 is 1.10 bits per heavy atom. The molecule has 0 spiro atoms. The lowest BCUT2D eigenvalue weighted by Gasteiger charge is -2.35. The highest BCUT2D eigenvalue weighted by Crippen LogP contribution is 2.36. The Kier molecular flexibility index (Phi) is 7.27. The summed E-state index contributed by atoms with van der Waals surface area (Å²) in [4.78, 5) is 29.4. The van der Waals surface area contributed by atoms with Gasteiger partial charge in [0, 0.05) is 37.3 Å². The minimum Gasteiger partial charge on any atom is -0.495 e. The molecule has 9 heteroatoms. The lowest BCUT2D eigenvalue weighted by Crippen LogP contribution is -2.50. The Labute approximate surface area is 189 Å². The first-order valence-corrected chi connectivity index (χ1v) is 10.4. The molecule has 0 radical (unpaired) electrons. The average Bonchev–Trinajstić information content (AvgIpc) is 2.82. The fourth-order valence-corrected chi connectivity index (χ4v) is 3.99. The molecule has 2 aromatic carbocycles. The van der Waals surface area contributed by atoms with Gasteiger partial charge in [-0.1, -0.05) is 0 Å². The molecule has 1 aliphatic heterocycles. The molecule has 1 fully saturated rings. The van der Waals surface area contributed by atoms with E-state index >= 15 is 0 Å². The van der Waals surface area contributed by atoms with Crippen LogP contribution in [0.3, 0.4) is 0 Å². The van der Waals surface area contributed by atoms with E-state index in [9.17, 15) is 9.59 Å². The highest BCUT2D eigenvalue weighted by Gasteiger charge is 2.27. The number of piperazine rings is 1. The maximum Gasteiger partial charge on any atom is 0.254 e. The van der Waals surface area contributed by atoms with E-state index in [0.717, 1.165) is 0 Å². The number of nitrogens with zero attached hydrogens (tertiary/aromatic N) is 2. The second kappa shape index (κ2) is 9.91. The predicted octanol–water partition coefficient (Wildman–Crippen LogP) is 3.08. The van der Waals surface area contributed by atoms with Gasteiger partial charge in [0.1, 0.15) is 16.0 Å². The number of hydrogen-bond donors (Lipinski definition) is 0. The molecule has 0 unspecified atom stereocenters. The molecule has 2 amide bonds. The summed E-state index contributed by atoms with van der Waals surface area (Å²) in [7, 11) is 6.15. The molecule has 0 N–H and O–H groups in total. The number of hydrogen-bond acceptors (Lipinski definition) is 6. The molecule has 0 saturated carbocycles. The minimum absolute atomic E-state index is 0.111. The summed E-state index contributed by atoms with van der Waals surface area (Å²) in [6, 6.07) is 8.44. The summed E-state index contributed by atoms with van der Waals surface area (Å²) in [6.45, 7) is 1.73. The first kappa shape index (κ1) is 22.7. The summed E-state index contributed by atoms with van der Waals surface area (Å²) in [5.41, 5.74) is 0.983. The van der Waals surface area contributed by atoms with E-state index in [0.29, 0.717) is 64.8 Å². The van der Waals surface area contributed by atoms with Crippen molar-refractivity contribution in [2.24, 2.45) is 0 Å². The Morgan fingerprint density at radius 3 is 1.55 bits per heavy atom. The first-order chi connectivity index (χ1) is 14.9. The highest BCUT2D eigenvalue weighted by molar-refractivity contribution is 9.10. The van der Waals surface area contributed by atoms with Crippen LogP contribution in [0.1, 0.15) is 20.7 Å². The van der Waals surface area contributed by atoms with Crippen LogP contribution in [0.15, 0.2) is 34.8 Å². The van der Waals surface area contributed by atoms with Gasteiger partial charge in [0.15, 0.2) is 11.5 Å². The van der Waals surface area contributed by atoms with E-state index in [2.05, 4.69) is 15.9 Å². The molecule has 2 aromatic rings. The Morgan fingerprint density at radius 1 is 0.677 bits per heavy atom. The SMILES string of the molecule is COc1ccc(C(=O)N2CCN(C(=O)c3cc(OC)c(Br)c(OC)c3)CC2)cc1OC. The molecule has 0 aliphatic carbocycles. The molecule has 1 aliphatic rings. The van der Waals surface area contributed by atoms with Crippen LogP contribution in [0.25, 0.3) is 0 Å². The Balaban J connectivity index is 1.69. The third kappa shape index (κ3) is 4.71. The molecule has 166 valence electrons. The van der Waals surface area contributed by atoms with Crippen molar-refractivity contribution >= 4 is 27.7 Å². The van der Waals surface area contributed by atoms with E-state index in [-0.39, 0.29) is 11.8 Å². The topological polar surface area (TPSA) is 77.5 Å². The van der Waals surface area contributed by atoms with Crippen molar-refractivity contribution in [3.8, 4) is 23.0 Å². The van der Waals surface area contributed by atoms with Crippen molar-refractivity contribution < 1.29 is 28.5 Å². The van der Waals surface area contributed by atoms with Crippen LogP contribution in [0.4, 0.5) is 0 Å². The van der Waals surface area contributed by atoms with Crippen LogP contribution in [-0.2, 0) is 0 Å². The van der Waals surface area contributed by atoms with Crippen LogP contribution < -0.4 is 18.9 Å². The average molecular weight is 493 g/mol. The van der Waals surface area contributed by atoms with Gasteiger partial charge in [-0.25, -0.2) is 0 Å². The van der Waals surface area contributed by atoms with E-state index in [4.69, 9.17) is 18.9 Å². The van der Waals surface area contributed by atoms with Crippen LogP contribution >= 0.6 is 15.9 Å². The standard InChI is InChI=1S/C22H25BrN2O6/c1-28-16-6-5-14(11-17(16)29-2)21(26)24-7-9-25(10-8-24)22(27)15-12-18(30-3)20(23)19(13-15)31-4/h5-6,11-13H,7-10H2,1-4H3. The number of ether oxygens (including phenoxy) is 4. The smallest absolute Gasteiger partial charge is 0.254 e. The Hall–Kier alpha value is -2.94. The van der Waals surface area contributed by atoms with Gasteiger partial charge in [0.2, 0.25) is 0 Å². The third-order valence-electron chi connectivity index (χ3n) is 5.18. The number of halogens is 1. The fraction of sp³-hybridized carbons (Fsp3) is 0.364. The fourth-order valence-electron chi connectivity index (χ4n) is 3.44. The maximum atomic E-state index is 13.0. The van der Waals surface area contributed by atoms with Crippen molar-refractivity contribution in [2.75, 3.05) is 54.6 Å². The lowest BCUT2D eigenvalue weighted by atomic mass is 10.1. The van der Waals surface area contributed by atoms with Crippen LogP contribution in [0.5, 0.6) is 23.0 Å². The molecule has 3 rings (SSSR count). The number of benzene rings is 2. The van der Waals surface area contributed by atoms with Crippen molar-refractivity contribution in [2.45, 2.75) is 0 Å². The minimum atomic E-state index is -0.137. The normalized spacial score (nSPS) is 13.6. The summed E-state index contributed by atoms with van der Waals surface area (Å²) < 4.78 is 21.8. The summed E-state index contributed by atoms with van der Waals surface area (Å²) >= 11 is 3.41. The van der Waals surface area contributed by atoms with Crippen molar-refractivity contribution in [3.63, 3.8) is 0 Å². The molecule has 8 nitrogen and oxygen atoms in total. The molecule has 0 aromatic heterocycles. The molecule has 1 heterocycles. The number of carbonyl (C=O) groups excluding carboxylic acids is 2. The Bertz CT molecular complexity index is 947. The zero-order valence-corrected chi connectivity index (χ0v) is 19.5. The third-order valence-corrected chi connectivity index (χ3v) is 5.96. The zero-order valence-electron chi connectivity index (χ0n) is 17.9. The predicted molar refractivity (Wildman–Crippen MR) is 119 cm³/mol. The van der Waals surface area contributed by atoms with E-state index < -0.39 is 0 Å². The monoisotopic (exact) mass is 492 g/mol. The van der Waals surface area contributed by atoms with Crippen molar-refractivity contribution in [3.05, 3.63) is 45.9 Å². The number of amides is 2. The van der Waals surface area contributed by atoms with Crippen molar-refractivity contribution in [1.29, 1.82) is 0 Å². The van der Waals surface area contributed by atoms with Crippen LogP contribution in [-0.4, -0.2) is 76.2 Å². The zero-order chi connectivity index (χ0) is 22.5. The number of methoxy groups -OCH3 is 4. The van der Waals surface area contributed by atoms with E-state index in [1.165, 1.54) is 21.3 Å². The van der Waals surface area contributed by atoms with E-state index in [1.807, 2.05) is 0 Å². The van der Waals surface area contributed by atoms with Gasteiger partial charge in [-0.15, -0.1) is 0 Å². The molecule has 0 bridgehead atoms. The summed E-state index contributed by atoms with van der Waals surface area (Å²) in [6.07, 6.45) is 0. The van der Waals surface area contributed by atoms with Gasteiger partial charge < -0.3 is 28.7 Å². The first-order valence-electron chi connectivity index (χ1n) is 9.65. The van der Waals surface area contributed by atoms with Gasteiger partial charge in [-0.2, -0.15) is 0 Å². The summed E-state index contributed by atoms with van der Waals surface area (Å²) in [5, 5.41) is 0. The quantitative estimate of drug-likeness (QED) is 0.616. The van der Waals surface area contributed by atoms with Gasteiger partial charge >= 0.3 is 0 Å². The maximum absolute atomic E-state index is 13.0. The lowest BCUT2D eigenvalue weighted by molar-refractivity contribution is 0.0535. The molecule has 0 atom stereocenters. The van der Waals surface area contributed by atoms with Gasteiger partial charge in [0.05, 0.1) is 28.4 Å². The molecular weight excluding hydrogens is 468 g/mol. The van der Waals surface area contributed by atoms with Crippen LogP contribution in [0, 0.1) is 0 Å². The summed E-state index contributed by atoms with van der Waals surface area (Å²) in [5.74, 6) is 1.85. The largest absolute Gasteiger partial charge is 0.495 e.